The predicted octanol–water partition coefficient (Wildman–Crippen LogP) is 1.95. The zero-order chi connectivity index (χ0) is 12.1. The van der Waals surface area contributed by atoms with Crippen LogP contribution in [0.3, 0.4) is 0 Å². The van der Waals surface area contributed by atoms with E-state index in [1.807, 2.05) is 31.2 Å². The molecule has 0 radical (unpaired) electrons. The summed E-state index contributed by atoms with van der Waals surface area (Å²) in [6, 6.07) is 7.85. The highest BCUT2D eigenvalue weighted by molar-refractivity contribution is 6.30. The SMILES string of the molecule is CC(Cl)C(=O)NCc1cccc(C(C)N)c1. The van der Waals surface area contributed by atoms with Gasteiger partial charge in [0.2, 0.25) is 5.91 Å². The summed E-state index contributed by atoms with van der Waals surface area (Å²) in [4.78, 5) is 11.3. The molecule has 4 heteroatoms. The summed E-state index contributed by atoms with van der Waals surface area (Å²) >= 11 is 5.64. The molecule has 1 aromatic carbocycles. The van der Waals surface area contributed by atoms with Crippen LogP contribution in [0.2, 0.25) is 0 Å². The van der Waals surface area contributed by atoms with Crippen LogP contribution in [-0.2, 0) is 11.3 Å². The van der Waals surface area contributed by atoms with Gasteiger partial charge in [0.15, 0.2) is 0 Å². The molecule has 88 valence electrons. The summed E-state index contributed by atoms with van der Waals surface area (Å²) in [5.41, 5.74) is 7.87. The second-order valence-corrected chi connectivity index (χ2v) is 4.52. The molecule has 0 aliphatic rings. The lowest BCUT2D eigenvalue weighted by molar-refractivity contribution is -0.120. The van der Waals surface area contributed by atoms with Crippen molar-refractivity contribution in [2.24, 2.45) is 5.73 Å². The molecule has 1 aromatic rings. The Morgan fingerprint density at radius 2 is 2.19 bits per heavy atom. The molecule has 0 aromatic heterocycles. The van der Waals surface area contributed by atoms with Crippen LogP contribution in [0.4, 0.5) is 0 Å². The van der Waals surface area contributed by atoms with Crippen molar-refractivity contribution in [2.75, 3.05) is 0 Å². The molecule has 0 spiro atoms. The Kier molecular flexibility index (Phi) is 4.77. The highest BCUT2D eigenvalue weighted by Gasteiger charge is 2.08. The molecule has 0 saturated carbocycles. The highest BCUT2D eigenvalue weighted by atomic mass is 35.5. The van der Waals surface area contributed by atoms with E-state index in [0.29, 0.717) is 6.54 Å². The van der Waals surface area contributed by atoms with Gasteiger partial charge in [0.05, 0.1) is 0 Å². The van der Waals surface area contributed by atoms with Crippen LogP contribution in [0.5, 0.6) is 0 Å². The number of carbonyl (C=O) groups is 1. The maximum absolute atomic E-state index is 11.3. The standard InChI is InChI=1S/C12H17ClN2O/c1-8(13)12(16)15-7-10-4-3-5-11(6-10)9(2)14/h3-6,8-9H,7,14H2,1-2H3,(H,15,16). The van der Waals surface area contributed by atoms with Gasteiger partial charge in [0, 0.05) is 12.6 Å². The van der Waals surface area contributed by atoms with Gasteiger partial charge in [-0.2, -0.15) is 0 Å². The Bertz CT molecular complexity index is 364. The van der Waals surface area contributed by atoms with Gasteiger partial charge in [-0.25, -0.2) is 0 Å². The molecular formula is C12H17ClN2O. The quantitative estimate of drug-likeness (QED) is 0.791. The molecule has 0 bridgehead atoms. The van der Waals surface area contributed by atoms with E-state index in [4.69, 9.17) is 17.3 Å². The van der Waals surface area contributed by atoms with Crippen LogP contribution in [0.25, 0.3) is 0 Å². The van der Waals surface area contributed by atoms with Gasteiger partial charge in [-0.15, -0.1) is 11.6 Å². The van der Waals surface area contributed by atoms with Gasteiger partial charge in [-0.1, -0.05) is 24.3 Å². The van der Waals surface area contributed by atoms with E-state index >= 15 is 0 Å². The Labute approximate surface area is 101 Å². The fourth-order valence-electron chi connectivity index (χ4n) is 1.32. The van der Waals surface area contributed by atoms with E-state index in [1.54, 1.807) is 6.92 Å². The number of nitrogens with one attached hydrogen (secondary N) is 1. The maximum atomic E-state index is 11.3. The van der Waals surface area contributed by atoms with Crippen LogP contribution in [0.15, 0.2) is 24.3 Å². The third kappa shape index (κ3) is 3.83. The first-order valence-corrected chi connectivity index (χ1v) is 5.70. The third-order valence-corrected chi connectivity index (χ3v) is 2.50. The van der Waals surface area contributed by atoms with Crippen LogP contribution in [0, 0.1) is 0 Å². The molecule has 0 saturated heterocycles. The number of nitrogens with two attached hydrogens (primary N) is 1. The minimum atomic E-state index is -0.503. The smallest absolute Gasteiger partial charge is 0.238 e. The Morgan fingerprint density at radius 1 is 1.50 bits per heavy atom. The Balaban J connectivity index is 2.61. The molecule has 3 nitrogen and oxygen atoms in total. The lowest BCUT2D eigenvalue weighted by Gasteiger charge is -2.10. The maximum Gasteiger partial charge on any atom is 0.238 e. The summed E-state index contributed by atoms with van der Waals surface area (Å²) in [5.74, 6) is -0.159. The van der Waals surface area contributed by atoms with Gasteiger partial charge in [0.1, 0.15) is 5.38 Å². The molecule has 16 heavy (non-hydrogen) atoms. The van der Waals surface area contributed by atoms with Crippen molar-refractivity contribution in [3.8, 4) is 0 Å². The monoisotopic (exact) mass is 240 g/mol. The first-order chi connectivity index (χ1) is 7.50. The average molecular weight is 241 g/mol. The van der Waals surface area contributed by atoms with E-state index in [2.05, 4.69) is 5.32 Å². The first kappa shape index (κ1) is 13.0. The molecular weight excluding hydrogens is 224 g/mol. The lowest BCUT2D eigenvalue weighted by Crippen LogP contribution is -2.29. The topological polar surface area (TPSA) is 55.1 Å². The molecule has 0 heterocycles. The van der Waals surface area contributed by atoms with Crippen LogP contribution >= 0.6 is 11.6 Å². The summed E-state index contributed by atoms with van der Waals surface area (Å²) in [6.07, 6.45) is 0. The van der Waals surface area contributed by atoms with Crippen molar-refractivity contribution < 1.29 is 4.79 Å². The van der Waals surface area contributed by atoms with E-state index in [9.17, 15) is 4.79 Å². The number of amides is 1. The molecule has 1 rings (SSSR count). The number of hydrogen-bond donors (Lipinski definition) is 2. The number of rotatable bonds is 4. The van der Waals surface area contributed by atoms with E-state index in [1.165, 1.54) is 0 Å². The first-order valence-electron chi connectivity index (χ1n) is 5.27. The van der Waals surface area contributed by atoms with Crippen molar-refractivity contribution in [1.82, 2.24) is 5.32 Å². The zero-order valence-corrected chi connectivity index (χ0v) is 10.3. The minimum Gasteiger partial charge on any atom is -0.351 e. The average Bonchev–Trinajstić information content (AvgIpc) is 2.26. The molecule has 2 atom stereocenters. The van der Waals surface area contributed by atoms with Gasteiger partial charge < -0.3 is 11.1 Å². The number of alkyl halides is 1. The Hall–Kier alpha value is -1.06. The van der Waals surface area contributed by atoms with E-state index in [-0.39, 0.29) is 11.9 Å². The van der Waals surface area contributed by atoms with Crippen LogP contribution in [-0.4, -0.2) is 11.3 Å². The Morgan fingerprint density at radius 3 is 2.75 bits per heavy atom. The molecule has 0 aliphatic heterocycles. The van der Waals surface area contributed by atoms with Crippen molar-refractivity contribution in [2.45, 2.75) is 31.8 Å². The van der Waals surface area contributed by atoms with Gasteiger partial charge >= 0.3 is 0 Å². The summed E-state index contributed by atoms with van der Waals surface area (Å²) in [5, 5.41) is 2.25. The van der Waals surface area contributed by atoms with Crippen molar-refractivity contribution in [1.29, 1.82) is 0 Å². The van der Waals surface area contributed by atoms with Crippen LogP contribution in [0.1, 0.15) is 31.0 Å². The molecule has 3 N–H and O–H groups in total. The van der Waals surface area contributed by atoms with Gasteiger partial charge in [0.25, 0.3) is 0 Å². The molecule has 0 fully saturated rings. The second-order valence-electron chi connectivity index (χ2n) is 3.87. The van der Waals surface area contributed by atoms with Crippen molar-refractivity contribution in [3.63, 3.8) is 0 Å². The summed E-state index contributed by atoms with van der Waals surface area (Å²) < 4.78 is 0. The lowest BCUT2D eigenvalue weighted by atomic mass is 10.1. The number of carbonyl (C=O) groups excluding carboxylic acids is 1. The number of benzene rings is 1. The molecule has 0 aliphatic carbocycles. The van der Waals surface area contributed by atoms with Crippen molar-refractivity contribution in [3.05, 3.63) is 35.4 Å². The van der Waals surface area contributed by atoms with E-state index in [0.717, 1.165) is 11.1 Å². The fourth-order valence-corrected chi connectivity index (χ4v) is 1.39. The van der Waals surface area contributed by atoms with Gasteiger partial charge in [-0.3, -0.25) is 4.79 Å². The summed E-state index contributed by atoms with van der Waals surface area (Å²) in [7, 11) is 0. The van der Waals surface area contributed by atoms with Gasteiger partial charge in [-0.05, 0) is 25.0 Å². The largest absolute Gasteiger partial charge is 0.351 e. The van der Waals surface area contributed by atoms with Crippen LogP contribution < -0.4 is 11.1 Å². The number of halogens is 1. The molecule has 2 unspecified atom stereocenters. The molecule has 1 amide bonds. The fraction of sp³-hybridized carbons (Fsp3) is 0.417. The summed E-state index contributed by atoms with van der Waals surface area (Å²) in [6.45, 7) is 4.06. The normalized spacial score (nSPS) is 14.2. The second kappa shape index (κ2) is 5.87. The van der Waals surface area contributed by atoms with Crippen molar-refractivity contribution >= 4 is 17.5 Å². The predicted molar refractivity (Wildman–Crippen MR) is 66.2 cm³/mol. The van der Waals surface area contributed by atoms with E-state index < -0.39 is 5.38 Å². The number of hydrogen-bond acceptors (Lipinski definition) is 2. The minimum absolute atomic E-state index is 0.00241. The highest BCUT2D eigenvalue weighted by Crippen LogP contribution is 2.11. The zero-order valence-electron chi connectivity index (χ0n) is 9.53. The third-order valence-electron chi connectivity index (χ3n) is 2.30.